The van der Waals surface area contributed by atoms with Gasteiger partial charge in [0.05, 0.1) is 6.54 Å². The average molecular weight is 381 g/mol. The molecule has 2 atom stereocenters. The molecular formula is C19H29ClN4O2. The maximum Gasteiger partial charge on any atom is 0.217 e. The average Bonchev–Trinajstić information content (AvgIpc) is 2.61. The number of benzene rings is 1. The lowest BCUT2D eigenvalue weighted by molar-refractivity contribution is -0.119. The molecule has 0 aromatic heterocycles. The second-order valence-electron chi connectivity index (χ2n) is 6.60. The van der Waals surface area contributed by atoms with Crippen LogP contribution in [0.5, 0.6) is 0 Å². The number of nitrogens with zero attached hydrogens (tertiary/aromatic N) is 2. The minimum atomic E-state index is -0.237. The van der Waals surface area contributed by atoms with Crippen LogP contribution in [0.15, 0.2) is 29.3 Å². The number of aliphatic imine (C=N–C) groups is 1. The molecule has 1 aromatic rings. The third-order valence-corrected chi connectivity index (χ3v) is 4.79. The first-order chi connectivity index (χ1) is 12.5. The number of guanidine groups is 1. The van der Waals surface area contributed by atoms with Crippen LogP contribution in [0.25, 0.3) is 0 Å². The van der Waals surface area contributed by atoms with Gasteiger partial charge < -0.3 is 20.7 Å². The van der Waals surface area contributed by atoms with Crippen LogP contribution in [0.4, 0.5) is 0 Å². The first-order valence-electron chi connectivity index (χ1n) is 9.13. The largest absolute Gasteiger partial charge is 0.375 e. The van der Waals surface area contributed by atoms with E-state index in [0.717, 1.165) is 44.0 Å². The molecule has 1 saturated heterocycles. The Hall–Kier alpha value is -1.79. The summed E-state index contributed by atoms with van der Waals surface area (Å²) in [6, 6.07) is 7.66. The van der Waals surface area contributed by atoms with Crippen LogP contribution in [-0.2, 0) is 9.53 Å². The van der Waals surface area contributed by atoms with Crippen molar-refractivity contribution in [3.8, 4) is 0 Å². The van der Waals surface area contributed by atoms with Crippen molar-refractivity contribution in [3.05, 3.63) is 34.9 Å². The molecule has 7 heteroatoms. The Morgan fingerprint density at radius 2 is 2.35 bits per heavy atom. The van der Waals surface area contributed by atoms with Gasteiger partial charge in [-0.15, -0.1) is 0 Å². The lowest BCUT2D eigenvalue weighted by Crippen LogP contribution is -2.47. The summed E-state index contributed by atoms with van der Waals surface area (Å²) >= 11 is 6.09. The zero-order valence-corrected chi connectivity index (χ0v) is 16.3. The van der Waals surface area contributed by atoms with Crippen molar-refractivity contribution in [2.45, 2.75) is 32.3 Å². The fourth-order valence-corrected chi connectivity index (χ4v) is 3.53. The highest BCUT2D eigenvalue weighted by atomic mass is 35.5. The zero-order chi connectivity index (χ0) is 18.9. The summed E-state index contributed by atoms with van der Waals surface area (Å²) in [4.78, 5) is 18.2. The quantitative estimate of drug-likeness (QED) is 0.562. The highest BCUT2D eigenvalue weighted by Crippen LogP contribution is 2.22. The van der Waals surface area contributed by atoms with Crippen molar-refractivity contribution in [2.75, 3.05) is 33.3 Å². The number of likely N-dealkylation sites (tertiary alicyclic amines) is 1. The van der Waals surface area contributed by atoms with E-state index in [1.165, 1.54) is 0 Å². The molecule has 0 spiro atoms. The predicted octanol–water partition coefficient (Wildman–Crippen LogP) is 2.58. The minimum Gasteiger partial charge on any atom is -0.375 e. The van der Waals surface area contributed by atoms with E-state index in [0.29, 0.717) is 18.0 Å². The lowest BCUT2D eigenvalue weighted by Gasteiger charge is -2.34. The zero-order valence-electron chi connectivity index (χ0n) is 15.6. The molecule has 144 valence electrons. The molecule has 1 aliphatic rings. The van der Waals surface area contributed by atoms with E-state index in [4.69, 9.17) is 27.1 Å². The molecule has 1 heterocycles. The normalized spacial score (nSPS) is 19.3. The molecule has 0 aliphatic carbocycles. The van der Waals surface area contributed by atoms with Crippen LogP contribution in [0.2, 0.25) is 5.02 Å². The van der Waals surface area contributed by atoms with Crippen LogP contribution < -0.4 is 11.1 Å². The number of primary amides is 1. The first-order valence-corrected chi connectivity index (χ1v) is 9.51. The Balaban J connectivity index is 2.08. The van der Waals surface area contributed by atoms with Crippen LogP contribution in [0.3, 0.4) is 0 Å². The highest BCUT2D eigenvalue weighted by molar-refractivity contribution is 6.30. The Morgan fingerprint density at radius 3 is 3.00 bits per heavy atom. The second kappa shape index (κ2) is 10.4. The molecule has 1 aromatic carbocycles. The first kappa shape index (κ1) is 20.5. The molecule has 6 nitrogen and oxygen atoms in total. The second-order valence-corrected chi connectivity index (χ2v) is 7.04. The number of piperidine rings is 1. The molecule has 0 radical (unpaired) electrons. The molecule has 1 amide bonds. The van der Waals surface area contributed by atoms with Gasteiger partial charge in [0, 0.05) is 38.2 Å². The molecule has 1 fully saturated rings. The fourth-order valence-electron chi connectivity index (χ4n) is 3.33. The van der Waals surface area contributed by atoms with Gasteiger partial charge in [-0.25, -0.2) is 0 Å². The smallest absolute Gasteiger partial charge is 0.217 e. The van der Waals surface area contributed by atoms with Gasteiger partial charge in [0.2, 0.25) is 5.91 Å². The van der Waals surface area contributed by atoms with E-state index in [9.17, 15) is 4.79 Å². The summed E-state index contributed by atoms with van der Waals surface area (Å²) in [5.74, 6) is 0.904. The van der Waals surface area contributed by atoms with E-state index >= 15 is 0 Å². The minimum absolute atomic E-state index is 0.159. The maximum atomic E-state index is 11.2. The summed E-state index contributed by atoms with van der Waals surface area (Å²) in [5.41, 5.74) is 6.37. The molecule has 26 heavy (non-hydrogen) atoms. The number of hydrogen-bond acceptors (Lipinski definition) is 3. The highest BCUT2D eigenvalue weighted by Gasteiger charge is 2.24. The SMILES string of the molecule is CCNC(=NCC(OC)c1cccc(Cl)c1)N1CCCC(CC(N)=O)C1. The summed E-state index contributed by atoms with van der Waals surface area (Å²) in [5, 5.41) is 4.03. The maximum absolute atomic E-state index is 11.2. The van der Waals surface area contributed by atoms with Gasteiger partial charge in [-0.05, 0) is 43.4 Å². The molecule has 0 bridgehead atoms. The summed E-state index contributed by atoms with van der Waals surface area (Å²) in [6.07, 6.45) is 2.33. The van der Waals surface area contributed by atoms with Crippen molar-refractivity contribution in [1.82, 2.24) is 10.2 Å². The van der Waals surface area contributed by atoms with E-state index in [1.807, 2.05) is 31.2 Å². The molecule has 1 aliphatic heterocycles. The molecular weight excluding hydrogens is 352 g/mol. The molecule has 0 saturated carbocycles. The molecule has 2 unspecified atom stereocenters. The van der Waals surface area contributed by atoms with Gasteiger partial charge in [0.15, 0.2) is 5.96 Å². The standard InChI is InChI=1S/C19H29ClN4O2/c1-3-22-19(24-9-5-6-14(13-24)10-18(21)25)23-12-17(26-2)15-7-4-8-16(20)11-15/h4,7-8,11,14,17H,3,5-6,9-10,12-13H2,1-2H3,(H2,21,25)(H,22,23). The lowest BCUT2D eigenvalue weighted by atomic mass is 9.95. The third-order valence-electron chi connectivity index (χ3n) is 4.56. The van der Waals surface area contributed by atoms with Gasteiger partial charge in [0.25, 0.3) is 0 Å². The van der Waals surface area contributed by atoms with Crippen LogP contribution in [-0.4, -0.2) is 50.1 Å². The van der Waals surface area contributed by atoms with Crippen LogP contribution in [0, 0.1) is 5.92 Å². The van der Waals surface area contributed by atoms with Crippen LogP contribution >= 0.6 is 11.6 Å². The number of carbonyl (C=O) groups excluding carboxylic acids is 1. The molecule has 3 N–H and O–H groups in total. The summed E-state index contributed by atoms with van der Waals surface area (Å²) in [6.45, 7) is 5.05. The Morgan fingerprint density at radius 1 is 1.54 bits per heavy atom. The number of rotatable bonds is 7. The van der Waals surface area contributed by atoms with Crippen molar-refractivity contribution in [1.29, 1.82) is 0 Å². The Kier molecular flexibility index (Phi) is 8.19. The number of halogens is 1. The topological polar surface area (TPSA) is 80.0 Å². The number of carbonyl (C=O) groups is 1. The number of nitrogens with one attached hydrogen (secondary N) is 1. The number of amides is 1. The van der Waals surface area contributed by atoms with Gasteiger partial charge in [-0.3, -0.25) is 9.79 Å². The van der Waals surface area contributed by atoms with Gasteiger partial charge in [0.1, 0.15) is 6.10 Å². The number of ether oxygens (including phenoxy) is 1. The van der Waals surface area contributed by atoms with E-state index in [2.05, 4.69) is 10.2 Å². The van der Waals surface area contributed by atoms with Crippen molar-refractivity contribution >= 4 is 23.5 Å². The number of nitrogens with two attached hydrogens (primary N) is 1. The Labute approximate surface area is 160 Å². The van der Waals surface area contributed by atoms with Crippen molar-refractivity contribution in [2.24, 2.45) is 16.6 Å². The van der Waals surface area contributed by atoms with Gasteiger partial charge >= 0.3 is 0 Å². The summed E-state index contributed by atoms with van der Waals surface area (Å²) < 4.78 is 5.61. The predicted molar refractivity (Wildman–Crippen MR) is 105 cm³/mol. The van der Waals surface area contributed by atoms with Crippen molar-refractivity contribution in [3.63, 3.8) is 0 Å². The van der Waals surface area contributed by atoms with Gasteiger partial charge in [-0.1, -0.05) is 23.7 Å². The molecule has 2 rings (SSSR count). The monoisotopic (exact) mass is 380 g/mol. The third kappa shape index (κ3) is 6.18. The van der Waals surface area contributed by atoms with Crippen molar-refractivity contribution < 1.29 is 9.53 Å². The fraction of sp³-hybridized carbons (Fsp3) is 0.579. The summed E-state index contributed by atoms with van der Waals surface area (Å²) in [7, 11) is 1.68. The van der Waals surface area contributed by atoms with E-state index < -0.39 is 0 Å². The number of methoxy groups -OCH3 is 1. The van der Waals surface area contributed by atoms with Gasteiger partial charge in [-0.2, -0.15) is 0 Å². The van der Waals surface area contributed by atoms with Crippen LogP contribution in [0.1, 0.15) is 37.9 Å². The van der Waals surface area contributed by atoms with E-state index in [1.54, 1.807) is 7.11 Å². The van der Waals surface area contributed by atoms with E-state index in [-0.39, 0.29) is 17.9 Å². The Bertz CT molecular complexity index is 623. The number of hydrogen-bond donors (Lipinski definition) is 2.